The van der Waals surface area contributed by atoms with Crippen molar-refractivity contribution in [1.29, 1.82) is 0 Å². The quantitative estimate of drug-likeness (QED) is 0.151. The number of ether oxygens (including phenoxy) is 1. The Morgan fingerprint density at radius 2 is 1.46 bits per heavy atom. The van der Waals surface area contributed by atoms with Crippen LogP contribution in [0.5, 0.6) is 0 Å². The molecule has 0 aliphatic heterocycles. The summed E-state index contributed by atoms with van der Waals surface area (Å²) in [5.74, 6) is -0.324. The average Bonchev–Trinajstić information content (AvgIpc) is 3.33. The molecule has 5 heteroatoms. The fourth-order valence-corrected chi connectivity index (χ4v) is 4.51. The number of esters is 1. The van der Waals surface area contributed by atoms with Crippen LogP contribution in [0.25, 0.3) is 28.2 Å². The second kappa shape index (κ2) is 11.2. The highest BCUT2D eigenvalue weighted by Crippen LogP contribution is 2.36. The highest BCUT2D eigenvalue weighted by atomic mass is 79.9. The number of halogens is 1. The van der Waals surface area contributed by atoms with Crippen molar-refractivity contribution >= 4 is 33.8 Å². The second-order valence-corrected chi connectivity index (χ2v) is 9.32. The number of hydrogen-bond donors (Lipinski definition) is 0. The summed E-state index contributed by atoms with van der Waals surface area (Å²) in [4.78, 5) is 17.0. The first-order valence-corrected chi connectivity index (χ1v) is 12.9. The predicted molar refractivity (Wildman–Crippen MR) is 154 cm³/mol. The van der Waals surface area contributed by atoms with Crippen molar-refractivity contribution in [3.8, 4) is 28.2 Å². The Balaban J connectivity index is 1.71. The first kappa shape index (κ1) is 24.5. The Kier molecular flexibility index (Phi) is 7.43. The first-order valence-electron chi connectivity index (χ1n) is 12.1. The first-order chi connectivity index (χ1) is 18.1. The Bertz CT molecular complexity index is 1520. The van der Waals surface area contributed by atoms with Gasteiger partial charge in [-0.15, -0.1) is 0 Å². The summed E-state index contributed by atoms with van der Waals surface area (Å²) < 4.78 is 8.42. The maximum absolute atomic E-state index is 12.3. The number of hydrogen-bond acceptors (Lipinski definition) is 3. The van der Waals surface area contributed by atoms with Gasteiger partial charge in [-0.3, -0.25) is 4.99 Å². The van der Waals surface area contributed by atoms with Crippen LogP contribution in [0.2, 0.25) is 0 Å². The van der Waals surface area contributed by atoms with Crippen LogP contribution in [0.4, 0.5) is 5.69 Å². The van der Waals surface area contributed by atoms with E-state index in [9.17, 15) is 4.79 Å². The third kappa shape index (κ3) is 5.47. The molecule has 0 fully saturated rings. The summed E-state index contributed by atoms with van der Waals surface area (Å²) in [7, 11) is 0. The van der Waals surface area contributed by atoms with Crippen molar-refractivity contribution in [3.63, 3.8) is 0 Å². The maximum atomic E-state index is 12.3. The number of rotatable bonds is 7. The summed E-state index contributed by atoms with van der Waals surface area (Å²) in [5, 5.41) is 0. The van der Waals surface area contributed by atoms with Gasteiger partial charge >= 0.3 is 5.97 Å². The van der Waals surface area contributed by atoms with E-state index in [0.29, 0.717) is 12.2 Å². The molecule has 0 saturated carbocycles. The van der Waals surface area contributed by atoms with Crippen LogP contribution in [0, 0.1) is 0 Å². The SMILES string of the molecule is CCOC(=O)c1ccc(-n2c(-c3ccccc3)cc(C=Nc3ccc(Br)cc3)c2-c2ccccc2)cc1. The minimum absolute atomic E-state index is 0.324. The average molecular weight is 549 g/mol. The lowest BCUT2D eigenvalue weighted by Crippen LogP contribution is -2.05. The van der Waals surface area contributed by atoms with Crippen LogP contribution in [-0.2, 0) is 4.74 Å². The van der Waals surface area contributed by atoms with Gasteiger partial charge in [0.1, 0.15) is 0 Å². The maximum Gasteiger partial charge on any atom is 0.338 e. The zero-order valence-electron chi connectivity index (χ0n) is 20.3. The smallest absolute Gasteiger partial charge is 0.338 e. The molecule has 1 aromatic heterocycles. The molecule has 182 valence electrons. The molecule has 0 aliphatic carbocycles. The van der Waals surface area contributed by atoms with Gasteiger partial charge in [0.25, 0.3) is 0 Å². The molecule has 4 aromatic carbocycles. The molecule has 0 N–H and O–H groups in total. The minimum atomic E-state index is -0.324. The molecule has 0 amide bonds. The molecule has 0 bridgehead atoms. The number of aromatic nitrogens is 1. The van der Waals surface area contributed by atoms with E-state index in [-0.39, 0.29) is 5.97 Å². The third-order valence-electron chi connectivity index (χ3n) is 5.96. The van der Waals surface area contributed by atoms with Gasteiger partial charge < -0.3 is 9.30 Å². The van der Waals surface area contributed by atoms with E-state index in [1.807, 2.05) is 98.1 Å². The molecule has 5 rings (SSSR count). The largest absolute Gasteiger partial charge is 0.462 e. The van der Waals surface area contributed by atoms with Crippen LogP contribution >= 0.6 is 15.9 Å². The molecule has 5 aromatic rings. The number of nitrogens with zero attached hydrogens (tertiary/aromatic N) is 2. The van der Waals surface area contributed by atoms with Gasteiger partial charge in [0, 0.05) is 21.9 Å². The monoisotopic (exact) mass is 548 g/mol. The van der Waals surface area contributed by atoms with Crippen molar-refractivity contribution < 1.29 is 9.53 Å². The molecule has 0 saturated heterocycles. The van der Waals surface area contributed by atoms with E-state index in [1.165, 1.54) is 0 Å². The van der Waals surface area contributed by atoms with Gasteiger partial charge in [-0.2, -0.15) is 0 Å². The van der Waals surface area contributed by atoms with Crippen molar-refractivity contribution in [2.45, 2.75) is 6.92 Å². The van der Waals surface area contributed by atoms with Crippen molar-refractivity contribution in [1.82, 2.24) is 4.57 Å². The van der Waals surface area contributed by atoms with Gasteiger partial charge in [0.2, 0.25) is 0 Å². The Hall–Kier alpha value is -4.22. The van der Waals surface area contributed by atoms with Gasteiger partial charge in [0.05, 0.1) is 29.2 Å². The number of carbonyl (C=O) groups excluding carboxylic acids is 1. The van der Waals surface area contributed by atoms with Gasteiger partial charge in [-0.1, -0.05) is 76.6 Å². The lowest BCUT2D eigenvalue weighted by Gasteiger charge is -2.15. The fraction of sp³-hybridized carbons (Fsp3) is 0.0625. The van der Waals surface area contributed by atoms with Gasteiger partial charge in [-0.25, -0.2) is 4.79 Å². The molecule has 0 aliphatic rings. The Morgan fingerprint density at radius 3 is 2.08 bits per heavy atom. The number of benzene rings is 4. The van der Waals surface area contributed by atoms with E-state index < -0.39 is 0 Å². The van der Waals surface area contributed by atoms with E-state index in [0.717, 1.165) is 43.9 Å². The summed E-state index contributed by atoms with van der Waals surface area (Å²) in [6, 6.07) is 38.2. The molecule has 0 atom stereocenters. The summed E-state index contributed by atoms with van der Waals surface area (Å²) in [6.45, 7) is 2.15. The topological polar surface area (TPSA) is 43.6 Å². The highest BCUT2D eigenvalue weighted by molar-refractivity contribution is 9.10. The summed E-state index contributed by atoms with van der Waals surface area (Å²) >= 11 is 3.49. The van der Waals surface area contributed by atoms with Crippen molar-refractivity contribution in [2.75, 3.05) is 6.61 Å². The summed E-state index contributed by atoms with van der Waals surface area (Å²) in [5.41, 5.74) is 7.52. The minimum Gasteiger partial charge on any atom is -0.462 e. The lowest BCUT2D eigenvalue weighted by molar-refractivity contribution is 0.0526. The summed E-state index contributed by atoms with van der Waals surface area (Å²) in [6.07, 6.45) is 1.92. The van der Waals surface area contributed by atoms with Gasteiger partial charge in [0.15, 0.2) is 0 Å². The molecule has 1 heterocycles. The van der Waals surface area contributed by atoms with Crippen molar-refractivity contribution in [3.05, 3.63) is 131 Å². The van der Waals surface area contributed by atoms with Crippen LogP contribution in [-0.4, -0.2) is 23.4 Å². The zero-order valence-corrected chi connectivity index (χ0v) is 21.9. The number of aliphatic imine (C=N–C) groups is 1. The molecule has 4 nitrogen and oxygen atoms in total. The molecule has 0 unspecified atom stereocenters. The zero-order chi connectivity index (χ0) is 25.6. The van der Waals surface area contributed by atoms with Crippen molar-refractivity contribution in [2.24, 2.45) is 4.99 Å². The number of carbonyl (C=O) groups is 1. The third-order valence-corrected chi connectivity index (χ3v) is 6.49. The van der Waals surface area contributed by atoms with Crippen LogP contribution in [0.15, 0.2) is 125 Å². The Morgan fingerprint density at radius 1 is 0.838 bits per heavy atom. The molecule has 0 spiro atoms. The van der Waals surface area contributed by atoms with Crippen LogP contribution in [0.3, 0.4) is 0 Å². The molecular weight excluding hydrogens is 524 g/mol. The van der Waals surface area contributed by atoms with E-state index in [1.54, 1.807) is 0 Å². The highest BCUT2D eigenvalue weighted by Gasteiger charge is 2.19. The fourth-order valence-electron chi connectivity index (χ4n) is 4.24. The van der Waals surface area contributed by atoms with E-state index >= 15 is 0 Å². The lowest BCUT2D eigenvalue weighted by atomic mass is 10.1. The normalized spacial score (nSPS) is 11.1. The van der Waals surface area contributed by atoms with Gasteiger partial charge in [-0.05, 0) is 72.6 Å². The standard InChI is InChI=1S/C32H25BrN2O2/c1-2-37-32(36)25-13-19-29(20-14-25)35-30(23-9-5-3-6-10-23)21-26(31(35)24-11-7-4-8-12-24)22-34-28-17-15-27(33)16-18-28/h3-22H,2H2,1H3. The van der Waals surface area contributed by atoms with Crippen LogP contribution < -0.4 is 0 Å². The second-order valence-electron chi connectivity index (χ2n) is 8.40. The van der Waals surface area contributed by atoms with E-state index in [2.05, 4.69) is 50.8 Å². The van der Waals surface area contributed by atoms with Crippen LogP contribution in [0.1, 0.15) is 22.8 Å². The Labute approximate surface area is 225 Å². The molecular formula is C32H25BrN2O2. The van der Waals surface area contributed by atoms with E-state index in [4.69, 9.17) is 9.73 Å². The molecule has 0 radical (unpaired) electrons. The predicted octanol–water partition coefficient (Wildman–Crippen LogP) is 8.50. The molecule has 37 heavy (non-hydrogen) atoms.